The van der Waals surface area contributed by atoms with E-state index in [1.165, 1.54) is 35.1 Å². The molecule has 0 atom stereocenters. The lowest BCUT2D eigenvalue weighted by atomic mass is 10.2. The molecule has 1 aromatic carbocycles. The molecule has 2 N–H and O–H groups in total. The van der Waals surface area contributed by atoms with Gasteiger partial charge in [-0.15, -0.1) is 10.2 Å². The van der Waals surface area contributed by atoms with Crippen molar-refractivity contribution in [2.24, 2.45) is 0 Å². The van der Waals surface area contributed by atoms with Crippen LogP contribution >= 0.6 is 0 Å². The van der Waals surface area contributed by atoms with E-state index >= 15 is 0 Å². The predicted molar refractivity (Wildman–Crippen MR) is 89.2 cm³/mol. The lowest BCUT2D eigenvalue weighted by molar-refractivity contribution is -0.0493. The van der Waals surface area contributed by atoms with E-state index in [2.05, 4.69) is 35.8 Å². The average molecular weight is 379 g/mol. The van der Waals surface area contributed by atoms with E-state index in [4.69, 9.17) is 4.11 Å². The second-order valence-electron chi connectivity index (χ2n) is 5.07. The molecule has 2 aromatic heterocycles. The molecule has 1 amide bonds. The number of ether oxygens (including phenoxy) is 1. The zero-order valence-corrected chi connectivity index (χ0v) is 13.7. The third-order valence-corrected chi connectivity index (χ3v) is 3.37. The van der Waals surface area contributed by atoms with Gasteiger partial charge >= 0.3 is 6.61 Å². The van der Waals surface area contributed by atoms with Crippen molar-refractivity contribution >= 4 is 17.3 Å². The Morgan fingerprint density at radius 1 is 1.30 bits per heavy atom. The molecule has 27 heavy (non-hydrogen) atoms. The number of alkyl halides is 2. The van der Waals surface area contributed by atoms with E-state index in [0.29, 0.717) is 11.5 Å². The van der Waals surface area contributed by atoms with Crippen molar-refractivity contribution in [1.82, 2.24) is 35.7 Å². The fraction of sp³-hybridized carbons (Fsp3) is 0.200. The summed E-state index contributed by atoms with van der Waals surface area (Å²) < 4.78 is 53.2. The van der Waals surface area contributed by atoms with Gasteiger partial charge in [-0.2, -0.15) is 18.6 Å². The van der Waals surface area contributed by atoms with Crippen molar-refractivity contribution in [2.45, 2.75) is 13.5 Å². The molecule has 12 heteroatoms. The van der Waals surface area contributed by atoms with Crippen LogP contribution in [0, 0.1) is 6.92 Å². The van der Waals surface area contributed by atoms with Gasteiger partial charge in [0, 0.05) is 17.2 Å². The zero-order valence-electron chi connectivity index (χ0n) is 16.7. The quantitative estimate of drug-likeness (QED) is 0.661. The normalized spacial score (nSPS) is 12.8. The van der Waals surface area contributed by atoms with E-state index < -0.39 is 19.5 Å². The Morgan fingerprint density at radius 3 is 2.85 bits per heavy atom. The molecule has 0 aliphatic heterocycles. The highest BCUT2D eigenvalue weighted by molar-refractivity contribution is 5.98. The Balaban J connectivity index is 1.97. The first-order valence-corrected chi connectivity index (χ1v) is 7.39. The Bertz CT molecular complexity index is 1060. The molecule has 0 unspecified atom stereocenters. The molecule has 3 rings (SSSR count). The number of nitrogens with one attached hydrogen (secondary N) is 2. The van der Waals surface area contributed by atoms with Crippen LogP contribution in [0.4, 0.5) is 20.2 Å². The molecule has 0 aliphatic carbocycles. The Morgan fingerprint density at radius 2 is 2.15 bits per heavy atom. The van der Waals surface area contributed by atoms with Crippen molar-refractivity contribution < 1.29 is 22.4 Å². The smallest absolute Gasteiger partial charge is 0.387 e. The first-order valence-electron chi connectivity index (χ1n) is 8.89. The number of carbonyl (C=O) groups is 1. The molecule has 140 valence electrons. The number of halogens is 2. The second-order valence-corrected chi connectivity index (χ2v) is 5.07. The van der Waals surface area contributed by atoms with Crippen LogP contribution in [0.3, 0.4) is 0 Å². The van der Waals surface area contributed by atoms with Crippen molar-refractivity contribution in [2.75, 3.05) is 12.3 Å². The summed E-state index contributed by atoms with van der Waals surface area (Å²) in [5.41, 5.74) is 0.0851. The van der Waals surface area contributed by atoms with Gasteiger partial charge in [-0.3, -0.25) is 4.79 Å². The number of nitrogens with zero attached hydrogens (tertiary/aromatic N) is 6. The van der Waals surface area contributed by atoms with Gasteiger partial charge in [-0.05, 0) is 35.5 Å². The number of rotatable bonds is 6. The monoisotopic (exact) mass is 379 g/mol. The second kappa shape index (κ2) is 7.68. The van der Waals surface area contributed by atoms with Crippen LogP contribution < -0.4 is 15.4 Å². The lowest BCUT2D eigenvalue weighted by Gasteiger charge is -2.15. The fourth-order valence-electron chi connectivity index (χ4n) is 2.21. The van der Waals surface area contributed by atoms with Gasteiger partial charge in [0.1, 0.15) is 0 Å². The number of benzene rings is 1. The van der Waals surface area contributed by atoms with E-state index in [0.717, 1.165) is 0 Å². The van der Waals surface area contributed by atoms with Crippen LogP contribution in [-0.4, -0.2) is 49.9 Å². The summed E-state index contributed by atoms with van der Waals surface area (Å²) in [4.78, 5) is 12.2. The van der Waals surface area contributed by atoms with Crippen LogP contribution in [0.2, 0.25) is 0 Å². The van der Waals surface area contributed by atoms with E-state index in [9.17, 15) is 13.6 Å². The third-order valence-electron chi connectivity index (χ3n) is 3.37. The summed E-state index contributed by atoms with van der Waals surface area (Å²) in [7, 11) is 0. The molecule has 2 heterocycles. The standard InChI is InChI=1S/C15H14F2N8O2/c1-8-21-23-24-25(8)9-3-4-10(12(7-9)27-15(16)17)20-11-5-6-19-22-13(11)14(26)18-2/h3-7,15H,1-2H3,(H,18,26)(H,19,20)/i2D3. The molecule has 10 nitrogen and oxygen atoms in total. The van der Waals surface area contributed by atoms with Crippen LogP contribution in [0.1, 0.15) is 20.4 Å². The predicted octanol–water partition coefficient (Wildman–Crippen LogP) is 1.47. The van der Waals surface area contributed by atoms with E-state index in [1.54, 1.807) is 12.2 Å². The first-order chi connectivity index (χ1) is 14.1. The summed E-state index contributed by atoms with van der Waals surface area (Å²) in [6.45, 7) is -4.26. The summed E-state index contributed by atoms with van der Waals surface area (Å²) in [6.07, 6.45) is 1.24. The minimum Gasteiger partial charge on any atom is -0.433 e. The summed E-state index contributed by atoms with van der Waals surface area (Å²) in [6, 6.07) is 5.53. The van der Waals surface area contributed by atoms with Gasteiger partial charge in [0.2, 0.25) is 0 Å². The maximum Gasteiger partial charge on any atom is 0.387 e. The maximum absolute atomic E-state index is 12.9. The summed E-state index contributed by atoms with van der Waals surface area (Å²) in [5.74, 6) is -0.875. The Kier molecular flexibility index (Phi) is 4.11. The number of carbonyl (C=O) groups excluding carboxylic acids is 1. The minimum atomic E-state index is -3.13. The highest BCUT2D eigenvalue weighted by Crippen LogP contribution is 2.32. The third kappa shape index (κ3) is 3.94. The number of hydrogen-bond acceptors (Lipinski definition) is 8. The van der Waals surface area contributed by atoms with Gasteiger partial charge in [0.15, 0.2) is 17.3 Å². The number of tetrazole rings is 1. The number of anilines is 2. The molecule has 0 saturated heterocycles. The van der Waals surface area contributed by atoms with Gasteiger partial charge < -0.3 is 15.4 Å². The number of hydrogen-bond donors (Lipinski definition) is 2. The molecule has 3 aromatic rings. The van der Waals surface area contributed by atoms with Crippen LogP contribution in [0.25, 0.3) is 5.69 Å². The molecule has 0 fully saturated rings. The summed E-state index contributed by atoms with van der Waals surface area (Å²) in [5, 5.41) is 22.7. The van der Waals surface area contributed by atoms with Gasteiger partial charge in [0.05, 0.1) is 23.3 Å². The molecule has 0 saturated carbocycles. The average Bonchev–Trinajstić information content (AvgIpc) is 3.07. The molecule has 0 aliphatic rings. The van der Waals surface area contributed by atoms with Crippen molar-refractivity contribution in [3.8, 4) is 11.4 Å². The SMILES string of the molecule is [2H]C([2H])([2H])NC(=O)c1nnccc1Nc1ccc(-n2nnnc2C)cc1OC(F)F. The molecular weight excluding hydrogens is 362 g/mol. The lowest BCUT2D eigenvalue weighted by Crippen LogP contribution is -2.21. The van der Waals surface area contributed by atoms with Crippen molar-refractivity contribution in [3.63, 3.8) is 0 Å². The molecular formula is C15H14F2N8O2. The van der Waals surface area contributed by atoms with E-state index in [-0.39, 0.29) is 22.8 Å². The largest absolute Gasteiger partial charge is 0.433 e. The zero-order chi connectivity index (χ0) is 21.9. The van der Waals surface area contributed by atoms with Crippen LogP contribution in [0.5, 0.6) is 5.75 Å². The highest BCUT2D eigenvalue weighted by Gasteiger charge is 2.17. The van der Waals surface area contributed by atoms with Gasteiger partial charge in [-0.25, -0.2) is 0 Å². The van der Waals surface area contributed by atoms with Crippen molar-refractivity contribution in [1.29, 1.82) is 0 Å². The van der Waals surface area contributed by atoms with Gasteiger partial charge in [0.25, 0.3) is 5.91 Å². The van der Waals surface area contributed by atoms with Crippen LogP contribution in [-0.2, 0) is 0 Å². The summed E-state index contributed by atoms with van der Waals surface area (Å²) >= 11 is 0. The highest BCUT2D eigenvalue weighted by atomic mass is 19.3. The van der Waals surface area contributed by atoms with Crippen molar-refractivity contribution in [3.05, 3.63) is 42.0 Å². The number of aromatic nitrogens is 6. The van der Waals surface area contributed by atoms with E-state index in [1.807, 2.05) is 0 Å². The topological polar surface area (TPSA) is 120 Å². The maximum atomic E-state index is 12.9. The van der Waals surface area contributed by atoms with Gasteiger partial charge in [-0.1, -0.05) is 0 Å². The molecule has 0 radical (unpaired) electrons. The molecule has 0 spiro atoms. The fourth-order valence-corrected chi connectivity index (χ4v) is 2.21. The minimum absolute atomic E-state index is 0.0252. The number of aryl methyl sites for hydroxylation is 1. The Hall–Kier alpha value is -3.70. The molecule has 0 bridgehead atoms. The Labute approximate surface area is 155 Å². The van der Waals surface area contributed by atoms with Crippen LogP contribution in [0.15, 0.2) is 30.5 Å². The number of amides is 1. The first kappa shape index (κ1) is 14.5.